The van der Waals surface area contributed by atoms with Gasteiger partial charge in [-0.15, -0.1) is 0 Å². The molecule has 1 amide bonds. The van der Waals surface area contributed by atoms with Crippen LogP contribution in [-0.4, -0.2) is 12.0 Å². The lowest BCUT2D eigenvalue weighted by molar-refractivity contribution is 0.00849. The van der Waals surface area contributed by atoms with Gasteiger partial charge in [-0.25, -0.2) is 0 Å². The smallest absolute Gasteiger partial charge is 0.291 e. The summed E-state index contributed by atoms with van der Waals surface area (Å²) in [5.74, 6) is 0.556. The normalized spacial score (nSPS) is 15.4. The van der Waals surface area contributed by atoms with Crippen LogP contribution in [0.3, 0.4) is 0 Å². The van der Waals surface area contributed by atoms with Crippen LogP contribution in [0.2, 0.25) is 10.0 Å². The van der Waals surface area contributed by atoms with E-state index in [1.807, 2.05) is 0 Å². The van der Waals surface area contributed by atoms with Crippen LogP contribution in [0.5, 0.6) is 0 Å². The number of hydrogen-bond donors (Lipinski definition) is 1. The molecular weight excluding hydrogens is 349 g/mol. The first kappa shape index (κ1) is 17.3. The Kier molecular flexibility index (Phi) is 5.82. The van der Waals surface area contributed by atoms with Crippen molar-refractivity contribution in [3.8, 4) is 0 Å². The highest BCUT2D eigenvalue weighted by Gasteiger charge is 2.16. The molecule has 24 heavy (non-hydrogen) atoms. The van der Waals surface area contributed by atoms with E-state index in [-0.39, 0.29) is 11.7 Å². The summed E-state index contributed by atoms with van der Waals surface area (Å²) in [6.07, 6.45) is 6.24. The fourth-order valence-corrected chi connectivity index (χ4v) is 3.07. The molecule has 3 rings (SSSR count). The van der Waals surface area contributed by atoms with E-state index in [0.717, 1.165) is 12.8 Å². The number of amides is 1. The van der Waals surface area contributed by atoms with E-state index in [9.17, 15) is 4.79 Å². The van der Waals surface area contributed by atoms with Crippen molar-refractivity contribution in [2.75, 3.05) is 5.32 Å². The molecular formula is C18H19Cl2NO3. The van der Waals surface area contributed by atoms with Crippen molar-refractivity contribution in [2.24, 2.45) is 0 Å². The molecule has 128 valence electrons. The van der Waals surface area contributed by atoms with Crippen molar-refractivity contribution >= 4 is 34.8 Å². The Morgan fingerprint density at radius 2 is 1.92 bits per heavy atom. The van der Waals surface area contributed by atoms with E-state index in [1.54, 1.807) is 30.3 Å². The number of furan rings is 1. The summed E-state index contributed by atoms with van der Waals surface area (Å²) in [7, 11) is 0. The van der Waals surface area contributed by atoms with Crippen molar-refractivity contribution in [2.45, 2.75) is 44.8 Å². The summed E-state index contributed by atoms with van der Waals surface area (Å²) >= 11 is 11.8. The molecule has 0 atom stereocenters. The van der Waals surface area contributed by atoms with Crippen LogP contribution in [0.4, 0.5) is 5.69 Å². The monoisotopic (exact) mass is 367 g/mol. The highest BCUT2D eigenvalue weighted by Crippen LogP contribution is 2.26. The minimum atomic E-state index is -0.336. The van der Waals surface area contributed by atoms with Gasteiger partial charge >= 0.3 is 0 Å². The molecule has 1 saturated carbocycles. The summed E-state index contributed by atoms with van der Waals surface area (Å²) in [5, 5.41) is 3.55. The predicted octanol–water partition coefficient (Wildman–Crippen LogP) is 5.69. The van der Waals surface area contributed by atoms with Crippen molar-refractivity contribution in [3.63, 3.8) is 0 Å². The van der Waals surface area contributed by atoms with Crippen LogP contribution in [0, 0.1) is 0 Å². The summed E-state index contributed by atoms with van der Waals surface area (Å²) < 4.78 is 11.4. The van der Waals surface area contributed by atoms with Gasteiger partial charge in [0.2, 0.25) is 0 Å². The van der Waals surface area contributed by atoms with Gasteiger partial charge in [-0.3, -0.25) is 4.79 Å². The van der Waals surface area contributed by atoms with Crippen LogP contribution < -0.4 is 5.32 Å². The Bertz CT molecular complexity index is 708. The van der Waals surface area contributed by atoms with Crippen LogP contribution in [0.1, 0.15) is 48.4 Å². The van der Waals surface area contributed by atoms with Crippen molar-refractivity contribution in [3.05, 3.63) is 51.9 Å². The molecule has 0 spiro atoms. The van der Waals surface area contributed by atoms with Gasteiger partial charge in [-0.05, 0) is 43.2 Å². The topological polar surface area (TPSA) is 51.5 Å². The van der Waals surface area contributed by atoms with Gasteiger partial charge in [0.25, 0.3) is 5.91 Å². The first-order valence-corrected chi connectivity index (χ1v) is 8.84. The van der Waals surface area contributed by atoms with Gasteiger partial charge < -0.3 is 14.5 Å². The standard InChI is InChI=1S/C18H19Cl2NO3/c19-15-8-6-12(10-16(15)20)21-18(22)17-9-7-14(24-17)11-23-13-4-2-1-3-5-13/h6-10,13H,1-5,11H2,(H,21,22). The van der Waals surface area contributed by atoms with E-state index >= 15 is 0 Å². The van der Waals surface area contributed by atoms with E-state index in [2.05, 4.69) is 5.32 Å². The number of anilines is 1. The summed E-state index contributed by atoms with van der Waals surface area (Å²) in [4.78, 5) is 12.2. The SMILES string of the molecule is O=C(Nc1ccc(Cl)c(Cl)c1)c1ccc(COC2CCCCC2)o1. The highest BCUT2D eigenvalue weighted by atomic mass is 35.5. The van der Waals surface area contributed by atoms with Gasteiger partial charge in [0.1, 0.15) is 12.4 Å². The van der Waals surface area contributed by atoms with Crippen molar-refractivity contribution < 1.29 is 13.9 Å². The Morgan fingerprint density at radius 1 is 1.12 bits per heavy atom. The van der Waals surface area contributed by atoms with Crippen molar-refractivity contribution in [1.82, 2.24) is 0 Å². The number of carbonyl (C=O) groups excluding carboxylic acids is 1. The summed E-state index contributed by atoms with van der Waals surface area (Å²) in [5.41, 5.74) is 0.561. The number of hydrogen-bond acceptors (Lipinski definition) is 3. The molecule has 0 radical (unpaired) electrons. The first-order valence-electron chi connectivity index (χ1n) is 8.08. The number of nitrogens with one attached hydrogen (secondary N) is 1. The molecule has 0 unspecified atom stereocenters. The van der Waals surface area contributed by atoms with Gasteiger partial charge in [0.15, 0.2) is 5.76 Å². The third-order valence-corrected chi connectivity index (χ3v) is 4.82. The van der Waals surface area contributed by atoms with Gasteiger partial charge in [0, 0.05) is 5.69 Å². The number of benzene rings is 1. The summed E-state index contributed by atoms with van der Waals surface area (Å²) in [6, 6.07) is 8.32. The van der Waals surface area contributed by atoms with E-state index in [4.69, 9.17) is 32.4 Å². The second-order valence-electron chi connectivity index (χ2n) is 5.92. The molecule has 1 heterocycles. The van der Waals surface area contributed by atoms with Gasteiger partial charge in [0.05, 0.1) is 16.1 Å². The molecule has 0 bridgehead atoms. The predicted molar refractivity (Wildman–Crippen MR) is 94.8 cm³/mol. The average molecular weight is 368 g/mol. The second kappa shape index (κ2) is 8.06. The second-order valence-corrected chi connectivity index (χ2v) is 6.73. The Labute approximate surface area is 151 Å². The quantitative estimate of drug-likeness (QED) is 0.738. The number of carbonyl (C=O) groups is 1. The maximum Gasteiger partial charge on any atom is 0.291 e. The summed E-state index contributed by atoms with van der Waals surface area (Å²) in [6.45, 7) is 0.394. The lowest BCUT2D eigenvalue weighted by Gasteiger charge is -2.21. The zero-order valence-electron chi connectivity index (χ0n) is 13.2. The largest absolute Gasteiger partial charge is 0.453 e. The zero-order valence-corrected chi connectivity index (χ0v) is 14.7. The van der Waals surface area contributed by atoms with Crippen LogP contribution >= 0.6 is 23.2 Å². The molecule has 4 nitrogen and oxygen atoms in total. The Morgan fingerprint density at radius 3 is 2.67 bits per heavy atom. The molecule has 1 aliphatic carbocycles. The number of ether oxygens (including phenoxy) is 1. The third kappa shape index (κ3) is 4.53. The maximum atomic E-state index is 12.2. The molecule has 1 aromatic carbocycles. The minimum absolute atomic E-state index is 0.239. The molecule has 6 heteroatoms. The molecule has 1 aromatic heterocycles. The molecule has 0 aliphatic heterocycles. The van der Waals surface area contributed by atoms with Gasteiger partial charge in [-0.2, -0.15) is 0 Å². The molecule has 2 aromatic rings. The zero-order chi connectivity index (χ0) is 16.9. The minimum Gasteiger partial charge on any atom is -0.453 e. The fraction of sp³-hybridized carbons (Fsp3) is 0.389. The van der Waals surface area contributed by atoms with E-state index < -0.39 is 0 Å². The number of rotatable bonds is 5. The fourth-order valence-electron chi connectivity index (χ4n) is 2.78. The van der Waals surface area contributed by atoms with Gasteiger partial charge in [-0.1, -0.05) is 42.5 Å². The Hall–Kier alpha value is -1.49. The lowest BCUT2D eigenvalue weighted by Crippen LogP contribution is -2.16. The lowest BCUT2D eigenvalue weighted by atomic mass is 9.98. The third-order valence-electron chi connectivity index (χ3n) is 4.08. The average Bonchev–Trinajstić information content (AvgIpc) is 3.06. The van der Waals surface area contributed by atoms with Crippen LogP contribution in [0.15, 0.2) is 34.7 Å². The highest BCUT2D eigenvalue weighted by molar-refractivity contribution is 6.42. The molecule has 1 fully saturated rings. The van der Waals surface area contributed by atoms with Crippen molar-refractivity contribution in [1.29, 1.82) is 0 Å². The van der Waals surface area contributed by atoms with E-state index in [0.29, 0.717) is 34.2 Å². The molecule has 0 saturated heterocycles. The maximum absolute atomic E-state index is 12.2. The first-order chi connectivity index (χ1) is 11.6. The number of halogens is 2. The van der Waals surface area contributed by atoms with Crippen LogP contribution in [-0.2, 0) is 11.3 Å². The van der Waals surface area contributed by atoms with E-state index in [1.165, 1.54) is 19.3 Å². The Balaban J connectivity index is 1.55. The molecule has 1 aliphatic rings. The molecule has 1 N–H and O–H groups in total. The van der Waals surface area contributed by atoms with Crippen LogP contribution in [0.25, 0.3) is 0 Å².